The van der Waals surface area contributed by atoms with Gasteiger partial charge in [-0.15, -0.1) is 0 Å². The number of fused-ring (bicyclic) bond motifs is 1. The summed E-state index contributed by atoms with van der Waals surface area (Å²) in [6, 6.07) is 20.0. The highest BCUT2D eigenvalue weighted by Crippen LogP contribution is 2.21. The molecule has 0 unspecified atom stereocenters. The SMILES string of the molecule is Nc1cc(C=Cc2ccccc2)nc2ccccc12. The number of hydrogen-bond acceptors (Lipinski definition) is 2. The fraction of sp³-hybridized carbons (Fsp3) is 0. The molecule has 0 fully saturated rings. The van der Waals surface area contributed by atoms with E-state index in [-0.39, 0.29) is 0 Å². The monoisotopic (exact) mass is 246 g/mol. The minimum absolute atomic E-state index is 0.762. The van der Waals surface area contributed by atoms with Crippen LogP contribution in [0.5, 0.6) is 0 Å². The van der Waals surface area contributed by atoms with Crippen molar-refractivity contribution < 1.29 is 0 Å². The van der Waals surface area contributed by atoms with Gasteiger partial charge in [-0.2, -0.15) is 0 Å². The van der Waals surface area contributed by atoms with E-state index in [0.29, 0.717) is 0 Å². The van der Waals surface area contributed by atoms with Crippen molar-refractivity contribution in [2.45, 2.75) is 0 Å². The zero-order valence-corrected chi connectivity index (χ0v) is 10.5. The lowest BCUT2D eigenvalue weighted by Gasteiger charge is -2.03. The summed E-state index contributed by atoms with van der Waals surface area (Å²) in [6.45, 7) is 0. The van der Waals surface area contributed by atoms with E-state index in [4.69, 9.17) is 5.73 Å². The van der Waals surface area contributed by atoms with Gasteiger partial charge in [0.15, 0.2) is 0 Å². The highest BCUT2D eigenvalue weighted by Gasteiger charge is 2.00. The van der Waals surface area contributed by atoms with Crippen molar-refractivity contribution in [3.63, 3.8) is 0 Å². The number of para-hydroxylation sites is 1. The van der Waals surface area contributed by atoms with Gasteiger partial charge in [-0.1, -0.05) is 54.6 Å². The van der Waals surface area contributed by atoms with Gasteiger partial charge >= 0.3 is 0 Å². The van der Waals surface area contributed by atoms with Crippen molar-refractivity contribution in [2.75, 3.05) is 5.73 Å². The van der Waals surface area contributed by atoms with Crippen LogP contribution in [0.4, 0.5) is 5.69 Å². The van der Waals surface area contributed by atoms with Gasteiger partial charge in [0.2, 0.25) is 0 Å². The average molecular weight is 246 g/mol. The number of rotatable bonds is 2. The highest BCUT2D eigenvalue weighted by molar-refractivity contribution is 5.91. The lowest BCUT2D eigenvalue weighted by atomic mass is 10.1. The molecule has 0 saturated carbocycles. The van der Waals surface area contributed by atoms with Gasteiger partial charge in [0.1, 0.15) is 0 Å². The number of benzene rings is 2. The molecule has 0 aliphatic rings. The van der Waals surface area contributed by atoms with E-state index in [0.717, 1.165) is 27.8 Å². The Labute approximate surface area is 112 Å². The van der Waals surface area contributed by atoms with Crippen LogP contribution in [0.2, 0.25) is 0 Å². The second-order valence-corrected chi connectivity index (χ2v) is 4.40. The first-order valence-electron chi connectivity index (χ1n) is 6.21. The van der Waals surface area contributed by atoms with E-state index >= 15 is 0 Å². The van der Waals surface area contributed by atoms with Crippen LogP contribution in [0.3, 0.4) is 0 Å². The van der Waals surface area contributed by atoms with Crippen LogP contribution in [-0.2, 0) is 0 Å². The van der Waals surface area contributed by atoms with Gasteiger partial charge < -0.3 is 5.73 Å². The molecule has 0 spiro atoms. The first-order chi connectivity index (χ1) is 9.33. The summed E-state index contributed by atoms with van der Waals surface area (Å²) in [5.41, 5.74) is 9.76. The average Bonchev–Trinajstić information content (AvgIpc) is 2.46. The third-order valence-corrected chi connectivity index (χ3v) is 3.01. The molecule has 0 radical (unpaired) electrons. The molecule has 0 aliphatic carbocycles. The zero-order chi connectivity index (χ0) is 13.1. The number of nitrogen functional groups attached to an aromatic ring is 1. The molecular formula is C17H14N2. The predicted octanol–water partition coefficient (Wildman–Crippen LogP) is 3.99. The molecule has 2 aromatic carbocycles. The third-order valence-electron chi connectivity index (χ3n) is 3.01. The maximum absolute atomic E-state index is 6.05. The molecular weight excluding hydrogens is 232 g/mol. The zero-order valence-electron chi connectivity index (χ0n) is 10.5. The van der Waals surface area contributed by atoms with E-state index in [2.05, 4.69) is 17.1 Å². The lowest BCUT2D eigenvalue weighted by Crippen LogP contribution is -1.91. The van der Waals surface area contributed by atoms with Crippen LogP contribution in [0.1, 0.15) is 11.3 Å². The van der Waals surface area contributed by atoms with E-state index < -0.39 is 0 Å². The molecule has 2 nitrogen and oxygen atoms in total. The maximum Gasteiger partial charge on any atom is 0.0729 e. The van der Waals surface area contributed by atoms with Gasteiger partial charge in [0, 0.05) is 11.1 Å². The van der Waals surface area contributed by atoms with Crippen molar-refractivity contribution in [3.05, 3.63) is 71.9 Å². The molecule has 92 valence electrons. The number of aromatic nitrogens is 1. The van der Waals surface area contributed by atoms with E-state index in [1.54, 1.807) is 0 Å². The van der Waals surface area contributed by atoms with Crippen LogP contribution >= 0.6 is 0 Å². The molecule has 0 amide bonds. The Kier molecular flexibility index (Phi) is 2.99. The van der Waals surface area contributed by atoms with Crippen LogP contribution in [-0.4, -0.2) is 4.98 Å². The van der Waals surface area contributed by atoms with Gasteiger partial charge in [-0.25, -0.2) is 4.98 Å². The van der Waals surface area contributed by atoms with Gasteiger partial charge in [-0.05, 0) is 23.8 Å². The first-order valence-corrected chi connectivity index (χ1v) is 6.21. The van der Waals surface area contributed by atoms with E-state index in [1.807, 2.05) is 60.7 Å². The van der Waals surface area contributed by atoms with E-state index in [1.165, 1.54) is 0 Å². The summed E-state index contributed by atoms with van der Waals surface area (Å²) in [5.74, 6) is 0. The molecule has 19 heavy (non-hydrogen) atoms. The summed E-state index contributed by atoms with van der Waals surface area (Å²) >= 11 is 0. The van der Waals surface area contributed by atoms with Crippen molar-refractivity contribution >= 4 is 28.7 Å². The molecule has 0 saturated heterocycles. The molecule has 0 bridgehead atoms. The van der Waals surface area contributed by atoms with Gasteiger partial charge in [0.25, 0.3) is 0 Å². The third kappa shape index (κ3) is 2.47. The Hall–Kier alpha value is -2.61. The Balaban J connectivity index is 2.00. The topological polar surface area (TPSA) is 38.9 Å². The molecule has 0 atom stereocenters. The molecule has 2 heteroatoms. The molecule has 1 aromatic heterocycles. The quantitative estimate of drug-likeness (QED) is 0.742. The number of hydrogen-bond donors (Lipinski definition) is 1. The summed E-state index contributed by atoms with van der Waals surface area (Å²) in [7, 11) is 0. The number of anilines is 1. The Morgan fingerprint density at radius 1 is 0.842 bits per heavy atom. The number of nitrogens with two attached hydrogens (primary N) is 1. The molecule has 0 aliphatic heterocycles. The maximum atomic E-state index is 6.05. The lowest BCUT2D eigenvalue weighted by molar-refractivity contribution is 1.37. The smallest absolute Gasteiger partial charge is 0.0729 e. The summed E-state index contributed by atoms with van der Waals surface area (Å²) in [6.07, 6.45) is 4.02. The van der Waals surface area contributed by atoms with Crippen LogP contribution in [0.15, 0.2) is 60.7 Å². The predicted molar refractivity (Wildman–Crippen MR) is 81.5 cm³/mol. The Morgan fingerprint density at radius 2 is 1.58 bits per heavy atom. The molecule has 1 heterocycles. The van der Waals surface area contributed by atoms with Crippen LogP contribution in [0.25, 0.3) is 23.1 Å². The second-order valence-electron chi connectivity index (χ2n) is 4.40. The van der Waals surface area contributed by atoms with Crippen molar-refractivity contribution in [3.8, 4) is 0 Å². The fourth-order valence-electron chi connectivity index (χ4n) is 2.05. The van der Waals surface area contributed by atoms with Crippen LogP contribution in [0, 0.1) is 0 Å². The van der Waals surface area contributed by atoms with Crippen molar-refractivity contribution in [1.82, 2.24) is 4.98 Å². The minimum atomic E-state index is 0.762. The molecule has 2 N–H and O–H groups in total. The van der Waals surface area contributed by atoms with Crippen molar-refractivity contribution in [1.29, 1.82) is 0 Å². The van der Waals surface area contributed by atoms with Gasteiger partial charge in [0.05, 0.1) is 11.2 Å². The number of nitrogens with zero attached hydrogens (tertiary/aromatic N) is 1. The van der Waals surface area contributed by atoms with Gasteiger partial charge in [-0.3, -0.25) is 0 Å². The van der Waals surface area contributed by atoms with Crippen molar-refractivity contribution in [2.24, 2.45) is 0 Å². The molecule has 3 aromatic rings. The van der Waals surface area contributed by atoms with Crippen LogP contribution < -0.4 is 5.73 Å². The number of pyridine rings is 1. The summed E-state index contributed by atoms with van der Waals surface area (Å²) < 4.78 is 0. The van der Waals surface area contributed by atoms with E-state index in [9.17, 15) is 0 Å². The normalized spacial score (nSPS) is 11.2. The summed E-state index contributed by atoms with van der Waals surface area (Å²) in [5, 5.41) is 0.999. The first kappa shape index (κ1) is 11.5. The Morgan fingerprint density at radius 3 is 2.42 bits per heavy atom. The molecule has 3 rings (SSSR count). The second kappa shape index (κ2) is 4.94. The minimum Gasteiger partial charge on any atom is -0.398 e. The Bertz CT molecular complexity index is 731. The largest absolute Gasteiger partial charge is 0.398 e. The summed E-state index contributed by atoms with van der Waals surface area (Å²) in [4.78, 5) is 4.58. The standard InChI is InChI=1S/C17H14N2/c18-16-12-14(11-10-13-6-2-1-3-7-13)19-17-9-5-4-8-15(16)17/h1-12H,(H2,18,19). The highest BCUT2D eigenvalue weighted by atomic mass is 14.7. The fourth-order valence-corrected chi connectivity index (χ4v) is 2.05.